The van der Waals surface area contributed by atoms with Gasteiger partial charge < -0.3 is 5.32 Å². The predicted octanol–water partition coefficient (Wildman–Crippen LogP) is 6.18. The maximum absolute atomic E-state index is 13.1. The van der Waals surface area contributed by atoms with Gasteiger partial charge in [0.2, 0.25) is 0 Å². The minimum absolute atomic E-state index is 0.0183. The molecule has 19 heavy (non-hydrogen) atoms. The van der Waals surface area contributed by atoms with Crippen LogP contribution in [-0.2, 0) is 0 Å². The van der Waals surface area contributed by atoms with Crippen LogP contribution in [0.4, 0.5) is 10.1 Å². The first-order chi connectivity index (χ1) is 8.97. The van der Waals surface area contributed by atoms with Crippen LogP contribution in [0.3, 0.4) is 0 Å². The van der Waals surface area contributed by atoms with Gasteiger partial charge in [-0.1, -0.05) is 33.6 Å². The zero-order valence-corrected chi connectivity index (χ0v) is 14.0. The lowest BCUT2D eigenvalue weighted by Crippen LogP contribution is -2.08. The van der Waals surface area contributed by atoms with Gasteiger partial charge in [0.15, 0.2) is 0 Å². The van der Waals surface area contributed by atoms with Crippen LogP contribution in [0, 0.1) is 5.82 Å². The molecule has 0 aliphatic carbocycles. The van der Waals surface area contributed by atoms with E-state index in [1.54, 1.807) is 6.07 Å². The molecule has 1 unspecified atom stereocenters. The highest BCUT2D eigenvalue weighted by Crippen LogP contribution is 2.31. The Morgan fingerprint density at radius 2 is 1.84 bits per heavy atom. The van der Waals surface area contributed by atoms with E-state index in [4.69, 9.17) is 11.6 Å². The van der Waals surface area contributed by atoms with E-state index in [1.807, 2.05) is 25.1 Å². The molecule has 0 aliphatic rings. The zero-order valence-electron chi connectivity index (χ0n) is 10.1. The van der Waals surface area contributed by atoms with Crippen molar-refractivity contribution >= 4 is 49.1 Å². The molecule has 2 aromatic carbocycles. The van der Waals surface area contributed by atoms with E-state index in [1.165, 1.54) is 12.1 Å². The number of halogens is 4. The van der Waals surface area contributed by atoms with E-state index in [2.05, 4.69) is 37.2 Å². The number of benzene rings is 2. The molecule has 2 rings (SSSR count). The highest BCUT2D eigenvalue weighted by molar-refractivity contribution is 9.11. The van der Waals surface area contributed by atoms with Gasteiger partial charge in [0.25, 0.3) is 0 Å². The first-order valence-corrected chi connectivity index (χ1v) is 7.60. The van der Waals surface area contributed by atoms with Gasteiger partial charge in [-0.05, 0) is 58.7 Å². The summed E-state index contributed by atoms with van der Waals surface area (Å²) in [4.78, 5) is 0. The van der Waals surface area contributed by atoms with Crippen LogP contribution in [0.5, 0.6) is 0 Å². The maximum atomic E-state index is 13.1. The minimum atomic E-state index is -0.258. The molecule has 0 bridgehead atoms. The third-order valence-corrected chi connectivity index (χ3v) is 4.34. The van der Waals surface area contributed by atoms with Crippen molar-refractivity contribution in [3.05, 3.63) is 61.7 Å². The molecule has 0 saturated carbocycles. The Morgan fingerprint density at radius 1 is 1.11 bits per heavy atom. The first kappa shape index (κ1) is 14.8. The number of hydrogen-bond acceptors (Lipinski definition) is 1. The summed E-state index contributed by atoms with van der Waals surface area (Å²) >= 11 is 12.8. The molecule has 1 nitrogen and oxygen atoms in total. The molecule has 0 radical (unpaired) electrons. The van der Waals surface area contributed by atoms with Crippen LogP contribution in [0.25, 0.3) is 0 Å². The van der Waals surface area contributed by atoms with Gasteiger partial charge >= 0.3 is 0 Å². The van der Waals surface area contributed by atoms with Gasteiger partial charge in [-0.15, -0.1) is 0 Å². The van der Waals surface area contributed by atoms with Gasteiger partial charge in [-0.3, -0.25) is 0 Å². The van der Waals surface area contributed by atoms with Gasteiger partial charge in [0.05, 0.1) is 5.69 Å². The van der Waals surface area contributed by atoms with Crippen LogP contribution in [-0.4, -0.2) is 0 Å². The quantitative estimate of drug-likeness (QED) is 0.641. The average molecular weight is 408 g/mol. The first-order valence-electron chi connectivity index (χ1n) is 5.64. The molecule has 0 aliphatic heterocycles. The standard InChI is InChI=1S/C14H11Br2ClFN/c1-8(11-4-3-10(18)7-13(11)16)19-14-6-9(17)2-5-12(14)15/h2-8,19H,1H3. The highest BCUT2D eigenvalue weighted by atomic mass is 79.9. The van der Waals surface area contributed by atoms with E-state index in [-0.39, 0.29) is 11.9 Å². The summed E-state index contributed by atoms with van der Waals surface area (Å²) in [6, 6.07) is 10.2. The van der Waals surface area contributed by atoms with Crippen molar-refractivity contribution in [2.45, 2.75) is 13.0 Å². The second kappa shape index (κ2) is 6.25. The van der Waals surface area contributed by atoms with Crippen molar-refractivity contribution in [1.29, 1.82) is 0 Å². The van der Waals surface area contributed by atoms with E-state index >= 15 is 0 Å². The van der Waals surface area contributed by atoms with E-state index in [9.17, 15) is 4.39 Å². The fourth-order valence-corrected chi connectivity index (χ4v) is 3.00. The van der Waals surface area contributed by atoms with E-state index in [0.717, 1.165) is 20.2 Å². The highest BCUT2D eigenvalue weighted by Gasteiger charge is 2.11. The molecular weight excluding hydrogens is 396 g/mol. The van der Waals surface area contributed by atoms with Crippen molar-refractivity contribution < 1.29 is 4.39 Å². The third kappa shape index (κ3) is 3.71. The summed E-state index contributed by atoms with van der Waals surface area (Å²) in [5.41, 5.74) is 1.88. The van der Waals surface area contributed by atoms with Gasteiger partial charge in [0, 0.05) is 20.0 Å². The Hall–Kier alpha value is -0.580. The molecule has 0 heterocycles. The molecular formula is C14H11Br2ClFN. The monoisotopic (exact) mass is 405 g/mol. The second-order valence-electron chi connectivity index (χ2n) is 4.16. The van der Waals surface area contributed by atoms with Crippen LogP contribution >= 0.6 is 43.5 Å². The topological polar surface area (TPSA) is 12.0 Å². The Balaban J connectivity index is 2.25. The van der Waals surface area contributed by atoms with E-state index in [0.29, 0.717) is 5.02 Å². The fourth-order valence-electron chi connectivity index (χ4n) is 1.77. The normalized spacial score (nSPS) is 12.3. The molecule has 1 atom stereocenters. The summed E-state index contributed by atoms with van der Waals surface area (Å²) < 4.78 is 14.8. The predicted molar refractivity (Wildman–Crippen MR) is 85.3 cm³/mol. The van der Waals surface area contributed by atoms with Crippen LogP contribution in [0.2, 0.25) is 5.02 Å². The molecule has 0 spiro atoms. The Kier molecular flexibility index (Phi) is 4.87. The zero-order chi connectivity index (χ0) is 14.0. The largest absolute Gasteiger partial charge is 0.378 e. The molecule has 0 saturated heterocycles. The fraction of sp³-hybridized carbons (Fsp3) is 0.143. The van der Waals surface area contributed by atoms with Crippen molar-refractivity contribution in [3.8, 4) is 0 Å². The van der Waals surface area contributed by atoms with Crippen molar-refractivity contribution in [1.82, 2.24) is 0 Å². The summed E-state index contributed by atoms with van der Waals surface area (Å²) in [5.74, 6) is -0.258. The molecule has 0 aromatic heterocycles. The maximum Gasteiger partial charge on any atom is 0.124 e. The lowest BCUT2D eigenvalue weighted by molar-refractivity contribution is 0.625. The molecule has 1 N–H and O–H groups in total. The van der Waals surface area contributed by atoms with Crippen LogP contribution < -0.4 is 5.32 Å². The number of hydrogen-bond donors (Lipinski definition) is 1. The smallest absolute Gasteiger partial charge is 0.124 e. The summed E-state index contributed by atoms with van der Waals surface area (Å²) in [6.07, 6.45) is 0. The van der Waals surface area contributed by atoms with Crippen LogP contribution in [0.1, 0.15) is 18.5 Å². The average Bonchev–Trinajstić information content (AvgIpc) is 2.33. The molecule has 0 fully saturated rings. The molecule has 100 valence electrons. The minimum Gasteiger partial charge on any atom is -0.378 e. The summed E-state index contributed by atoms with van der Waals surface area (Å²) in [7, 11) is 0. The Bertz CT molecular complexity index is 604. The third-order valence-electron chi connectivity index (χ3n) is 2.73. The van der Waals surface area contributed by atoms with E-state index < -0.39 is 0 Å². The lowest BCUT2D eigenvalue weighted by atomic mass is 10.1. The number of rotatable bonds is 3. The van der Waals surface area contributed by atoms with Crippen molar-refractivity contribution in [3.63, 3.8) is 0 Å². The van der Waals surface area contributed by atoms with Crippen molar-refractivity contribution in [2.24, 2.45) is 0 Å². The summed E-state index contributed by atoms with van der Waals surface area (Å²) in [5, 5.41) is 4.01. The Labute approximate surface area is 133 Å². The number of nitrogens with one attached hydrogen (secondary N) is 1. The number of anilines is 1. The van der Waals surface area contributed by atoms with Gasteiger partial charge in [0.1, 0.15) is 5.82 Å². The SMILES string of the molecule is CC(Nc1cc(Cl)ccc1Br)c1ccc(F)cc1Br. The van der Waals surface area contributed by atoms with Gasteiger partial charge in [-0.25, -0.2) is 4.39 Å². The molecule has 5 heteroatoms. The molecule has 0 amide bonds. The second-order valence-corrected chi connectivity index (χ2v) is 6.30. The molecule has 2 aromatic rings. The lowest BCUT2D eigenvalue weighted by Gasteiger charge is -2.18. The van der Waals surface area contributed by atoms with Gasteiger partial charge in [-0.2, -0.15) is 0 Å². The Morgan fingerprint density at radius 3 is 2.53 bits per heavy atom. The summed E-state index contributed by atoms with van der Waals surface area (Å²) in [6.45, 7) is 2.01. The van der Waals surface area contributed by atoms with Crippen molar-refractivity contribution in [2.75, 3.05) is 5.32 Å². The van der Waals surface area contributed by atoms with Crippen LogP contribution in [0.15, 0.2) is 45.3 Å².